The molecule has 0 aromatic rings. The van der Waals surface area contributed by atoms with Crippen LogP contribution in [0.5, 0.6) is 0 Å². The standard InChI is InChI=1S/C13H22O3/c1-9-11-4-5-13(15-6-7-16-13)8-10(11)2-3-12(9)14/h9-12,14H,2-8H2,1H3. The van der Waals surface area contributed by atoms with Gasteiger partial charge in [-0.2, -0.15) is 0 Å². The van der Waals surface area contributed by atoms with E-state index in [2.05, 4.69) is 6.92 Å². The fraction of sp³-hybridized carbons (Fsp3) is 1.00. The summed E-state index contributed by atoms with van der Waals surface area (Å²) in [5.74, 6) is 1.59. The Morgan fingerprint density at radius 2 is 1.88 bits per heavy atom. The molecule has 0 radical (unpaired) electrons. The summed E-state index contributed by atoms with van der Waals surface area (Å²) in [5.41, 5.74) is 0. The Hall–Kier alpha value is -0.120. The fourth-order valence-electron chi connectivity index (χ4n) is 3.98. The van der Waals surface area contributed by atoms with Crippen LogP contribution in [-0.2, 0) is 9.47 Å². The highest BCUT2D eigenvalue weighted by Crippen LogP contribution is 2.49. The Bertz CT molecular complexity index is 260. The fourth-order valence-corrected chi connectivity index (χ4v) is 3.98. The largest absolute Gasteiger partial charge is 0.393 e. The number of hydrogen-bond donors (Lipinski definition) is 1. The molecule has 4 unspecified atom stereocenters. The SMILES string of the molecule is CC1C(O)CCC2CC3(CCC21)OCCO3. The summed E-state index contributed by atoms with van der Waals surface area (Å²) in [6, 6.07) is 0. The first-order chi connectivity index (χ1) is 7.70. The van der Waals surface area contributed by atoms with Crippen molar-refractivity contribution in [3.63, 3.8) is 0 Å². The van der Waals surface area contributed by atoms with E-state index in [-0.39, 0.29) is 11.9 Å². The number of rotatable bonds is 0. The second-order valence-corrected chi connectivity index (χ2v) is 5.78. The summed E-state index contributed by atoms with van der Waals surface area (Å²) in [6.45, 7) is 3.72. The molecule has 1 N–H and O–H groups in total. The molecule has 1 spiro atoms. The first kappa shape index (κ1) is 11.0. The quantitative estimate of drug-likeness (QED) is 0.686. The van der Waals surface area contributed by atoms with E-state index in [0.717, 1.165) is 45.3 Å². The smallest absolute Gasteiger partial charge is 0.168 e. The van der Waals surface area contributed by atoms with Gasteiger partial charge in [0.25, 0.3) is 0 Å². The zero-order valence-corrected chi connectivity index (χ0v) is 10.0. The molecule has 1 aliphatic heterocycles. The highest BCUT2D eigenvalue weighted by Gasteiger charge is 2.48. The van der Waals surface area contributed by atoms with Crippen molar-refractivity contribution in [2.45, 2.75) is 50.9 Å². The van der Waals surface area contributed by atoms with Crippen LogP contribution < -0.4 is 0 Å². The van der Waals surface area contributed by atoms with Gasteiger partial charge in [0.1, 0.15) is 0 Å². The second kappa shape index (κ2) is 3.97. The number of ether oxygens (including phenoxy) is 2. The predicted molar refractivity (Wildman–Crippen MR) is 59.9 cm³/mol. The second-order valence-electron chi connectivity index (χ2n) is 5.78. The molecule has 3 nitrogen and oxygen atoms in total. The van der Waals surface area contributed by atoms with E-state index in [1.165, 1.54) is 0 Å². The molecular formula is C13H22O3. The van der Waals surface area contributed by atoms with Crippen LogP contribution in [0.4, 0.5) is 0 Å². The molecule has 92 valence electrons. The highest BCUT2D eigenvalue weighted by atomic mass is 16.7. The Labute approximate surface area is 97.1 Å². The van der Waals surface area contributed by atoms with Crippen LogP contribution in [0.25, 0.3) is 0 Å². The Kier molecular flexibility index (Phi) is 2.73. The normalized spacial score (nSPS) is 46.9. The zero-order chi connectivity index (χ0) is 11.2. The maximum Gasteiger partial charge on any atom is 0.168 e. The van der Waals surface area contributed by atoms with Gasteiger partial charge in [-0.05, 0) is 37.0 Å². The van der Waals surface area contributed by atoms with Gasteiger partial charge < -0.3 is 14.6 Å². The van der Waals surface area contributed by atoms with Gasteiger partial charge in [0, 0.05) is 12.8 Å². The molecule has 0 aromatic heterocycles. The lowest BCUT2D eigenvalue weighted by Crippen LogP contribution is -2.46. The molecule has 16 heavy (non-hydrogen) atoms. The monoisotopic (exact) mass is 226 g/mol. The molecule has 0 bridgehead atoms. The molecule has 1 saturated heterocycles. The van der Waals surface area contributed by atoms with Crippen molar-refractivity contribution in [2.24, 2.45) is 17.8 Å². The van der Waals surface area contributed by atoms with E-state index >= 15 is 0 Å². The van der Waals surface area contributed by atoms with Crippen LogP contribution in [0.15, 0.2) is 0 Å². The number of aliphatic hydroxyl groups is 1. The number of hydrogen-bond acceptors (Lipinski definition) is 3. The minimum absolute atomic E-state index is 0.0827. The van der Waals surface area contributed by atoms with E-state index in [0.29, 0.717) is 17.8 Å². The summed E-state index contributed by atoms with van der Waals surface area (Å²) in [6.07, 6.45) is 5.24. The molecule has 4 atom stereocenters. The maximum atomic E-state index is 9.91. The van der Waals surface area contributed by atoms with Crippen molar-refractivity contribution in [3.05, 3.63) is 0 Å². The molecule has 3 aliphatic rings. The Balaban J connectivity index is 1.72. The third-order valence-corrected chi connectivity index (χ3v) is 4.97. The van der Waals surface area contributed by atoms with Gasteiger partial charge in [-0.1, -0.05) is 6.92 Å². The Morgan fingerprint density at radius 1 is 1.12 bits per heavy atom. The lowest BCUT2D eigenvalue weighted by molar-refractivity contribution is -0.206. The average molecular weight is 226 g/mol. The van der Waals surface area contributed by atoms with E-state index < -0.39 is 0 Å². The number of fused-ring (bicyclic) bond motifs is 1. The van der Waals surface area contributed by atoms with E-state index in [9.17, 15) is 5.11 Å². The summed E-state index contributed by atoms with van der Waals surface area (Å²) < 4.78 is 11.6. The average Bonchev–Trinajstić information content (AvgIpc) is 2.72. The molecule has 1 heterocycles. The molecule has 2 aliphatic carbocycles. The van der Waals surface area contributed by atoms with Crippen molar-refractivity contribution in [3.8, 4) is 0 Å². The first-order valence-corrected chi connectivity index (χ1v) is 6.66. The van der Waals surface area contributed by atoms with Crippen LogP contribution in [0.1, 0.15) is 39.0 Å². The van der Waals surface area contributed by atoms with E-state index in [1.54, 1.807) is 0 Å². The molecule has 0 amide bonds. The lowest BCUT2D eigenvalue weighted by atomic mass is 9.63. The summed E-state index contributed by atoms with van der Waals surface area (Å²) >= 11 is 0. The minimum Gasteiger partial charge on any atom is -0.393 e. The van der Waals surface area contributed by atoms with Crippen molar-refractivity contribution >= 4 is 0 Å². The van der Waals surface area contributed by atoms with E-state index in [1.807, 2.05) is 0 Å². The summed E-state index contributed by atoms with van der Waals surface area (Å²) in [7, 11) is 0. The third kappa shape index (κ3) is 1.69. The van der Waals surface area contributed by atoms with E-state index in [4.69, 9.17) is 9.47 Å². The van der Waals surface area contributed by atoms with Crippen LogP contribution in [0.2, 0.25) is 0 Å². The number of aliphatic hydroxyl groups excluding tert-OH is 1. The topological polar surface area (TPSA) is 38.7 Å². The van der Waals surface area contributed by atoms with Gasteiger partial charge >= 0.3 is 0 Å². The van der Waals surface area contributed by atoms with Crippen molar-refractivity contribution in [1.82, 2.24) is 0 Å². The third-order valence-electron chi connectivity index (χ3n) is 4.97. The summed E-state index contributed by atoms with van der Waals surface area (Å²) in [5, 5.41) is 9.91. The van der Waals surface area contributed by atoms with Crippen molar-refractivity contribution in [2.75, 3.05) is 13.2 Å². The molecule has 2 saturated carbocycles. The molecule has 3 heteroatoms. The highest BCUT2D eigenvalue weighted by molar-refractivity contribution is 4.94. The van der Waals surface area contributed by atoms with Crippen LogP contribution in [-0.4, -0.2) is 30.2 Å². The van der Waals surface area contributed by atoms with Crippen molar-refractivity contribution < 1.29 is 14.6 Å². The van der Waals surface area contributed by atoms with Gasteiger partial charge in [0.15, 0.2) is 5.79 Å². The van der Waals surface area contributed by atoms with Gasteiger partial charge in [-0.25, -0.2) is 0 Å². The predicted octanol–water partition coefficient (Wildman–Crippen LogP) is 1.94. The van der Waals surface area contributed by atoms with Gasteiger partial charge in [0.2, 0.25) is 0 Å². The zero-order valence-electron chi connectivity index (χ0n) is 10.0. The lowest BCUT2D eigenvalue weighted by Gasteiger charge is -2.47. The van der Waals surface area contributed by atoms with Crippen LogP contribution >= 0.6 is 0 Å². The van der Waals surface area contributed by atoms with Gasteiger partial charge in [-0.3, -0.25) is 0 Å². The Morgan fingerprint density at radius 3 is 2.62 bits per heavy atom. The van der Waals surface area contributed by atoms with Gasteiger partial charge in [-0.15, -0.1) is 0 Å². The van der Waals surface area contributed by atoms with Crippen LogP contribution in [0.3, 0.4) is 0 Å². The van der Waals surface area contributed by atoms with Crippen LogP contribution in [0, 0.1) is 17.8 Å². The minimum atomic E-state index is -0.247. The molecule has 3 fully saturated rings. The van der Waals surface area contributed by atoms with Gasteiger partial charge in [0.05, 0.1) is 19.3 Å². The molecule has 3 rings (SSSR count). The van der Waals surface area contributed by atoms with Crippen molar-refractivity contribution in [1.29, 1.82) is 0 Å². The summed E-state index contributed by atoms with van der Waals surface area (Å²) in [4.78, 5) is 0. The molecular weight excluding hydrogens is 204 g/mol. The maximum absolute atomic E-state index is 9.91. The first-order valence-electron chi connectivity index (χ1n) is 6.66. The molecule has 0 aromatic carbocycles.